The molecule has 3 rings (SSSR count). The van der Waals surface area contributed by atoms with Gasteiger partial charge < -0.3 is 5.11 Å². The van der Waals surface area contributed by atoms with E-state index in [1.54, 1.807) is 0 Å². The Kier molecular flexibility index (Phi) is 4.12. The zero-order valence-electron chi connectivity index (χ0n) is 11.3. The summed E-state index contributed by atoms with van der Waals surface area (Å²) in [4.78, 5) is 0. The van der Waals surface area contributed by atoms with Crippen molar-refractivity contribution >= 4 is 45.2 Å². The molecule has 0 saturated carbocycles. The zero-order chi connectivity index (χ0) is 14.3. The fraction of sp³-hybridized carbons (Fsp3) is 0.294. The molecule has 0 spiro atoms. The van der Waals surface area contributed by atoms with Gasteiger partial charge in [-0.25, -0.2) is 0 Å². The Balaban J connectivity index is 2.24. The van der Waals surface area contributed by atoms with Gasteiger partial charge in [0.2, 0.25) is 0 Å². The molecule has 1 aliphatic rings. The minimum atomic E-state index is 0.0236. The number of aliphatic hydroxyl groups is 1. The second-order valence-corrected chi connectivity index (χ2v) is 8.03. The Morgan fingerprint density at radius 1 is 0.950 bits per heavy atom. The van der Waals surface area contributed by atoms with Crippen LogP contribution in [0.4, 0.5) is 0 Å². The Morgan fingerprint density at radius 2 is 1.45 bits per heavy atom. The SMILES string of the molecule is CC1(CCCO)c2cc(I)ccc2-c2ccc(I)cc21. The first-order valence-corrected chi connectivity index (χ1v) is 8.93. The Labute approximate surface area is 147 Å². The molecule has 1 nitrogen and oxygen atoms in total. The van der Waals surface area contributed by atoms with E-state index in [1.807, 2.05) is 0 Å². The molecule has 0 aromatic heterocycles. The van der Waals surface area contributed by atoms with E-state index in [9.17, 15) is 5.11 Å². The van der Waals surface area contributed by atoms with E-state index in [-0.39, 0.29) is 12.0 Å². The molecule has 2 aromatic rings. The molecular formula is C17H16I2O. The van der Waals surface area contributed by atoms with Crippen molar-refractivity contribution in [1.29, 1.82) is 0 Å². The first-order chi connectivity index (χ1) is 9.56. The van der Waals surface area contributed by atoms with E-state index in [0.717, 1.165) is 12.8 Å². The third-order valence-corrected chi connectivity index (χ3v) is 5.62. The predicted molar refractivity (Wildman–Crippen MR) is 100 cm³/mol. The molecule has 3 heteroatoms. The maximum atomic E-state index is 9.24. The Bertz CT molecular complexity index is 613. The average Bonchev–Trinajstić information content (AvgIpc) is 2.67. The number of benzene rings is 2. The van der Waals surface area contributed by atoms with Crippen LogP contribution < -0.4 is 0 Å². The Hall–Kier alpha value is -0.140. The molecule has 2 aromatic carbocycles. The fourth-order valence-corrected chi connectivity index (χ4v) is 4.25. The third kappa shape index (κ3) is 2.31. The van der Waals surface area contributed by atoms with Crippen molar-refractivity contribution in [3.8, 4) is 11.1 Å². The molecule has 0 radical (unpaired) electrons. The van der Waals surface area contributed by atoms with Crippen LogP contribution in [0.25, 0.3) is 11.1 Å². The number of rotatable bonds is 3. The van der Waals surface area contributed by atoms with Gasteiger partial charge in [0.1, 0.15) is 0 Å². The van der Waals surface area contributed by atoms with Gasteiger partial charge in [-0.2, -0.15) is 0 Å². The van der Waals surface area contributed by atoms with E-state index >= 15 is 0 Å². The highest BCUT2D eigenvalue weighted by Crippen LogP contribution is 2.51. The molecule has 0 saturated heterocycles. The van der Waals surface area contributed by atoms with Crippen LogP contribution in [0.3, 0.4) is 0 Å². The van der Waals surface area contributed by atoms with Gasteiger partial charge in [-0.1, -0.05) is 19.1 Å². The molecule has 0 atom stereocenters. The molecular weight excluding hydrogens is 474 g/mol. The molecule has 0 bridgehead atoms. The van der Waals surface area contributed by atoms with Crippen LogP contribution in [0.2, 0.25) is 0 Å². The molecule has 0 aliphatic heterocycles. The molecule has 20 heavy (non-hydrogen) atoms. The average molecular weight is 490 g/mol. The highest BCUT2D eigenvalue weighted by molar-refractivity contribution is 14.1. The van der Waals surface area contributed by atoms with Crippen LogP contribution in [0.5, 0.6) is 0 Å². The Morgan fingerprint density at radius 3 is 1.90 bits per heavy atom. The lowest BCUT2D eigenvalue weighted by atomic mass is 9.76. The van der Waals surface area contributed by atoms with Crippen LogP contribution >= 0.6 is 45.2 Å². The van der Waals surface area contributed by atoms with Crippen LogP contribution in [0.1, 0.15) is 30.9 Å². The monoisotopic (exact) mass is 490 g/mol. The van der Waals surface area contributed by atoms with E-state index in [2.05, 4.69) is 88.5 Å². The van der Waals surface area contributed by atoms with Gasteiger partial charge >= 0.3 is 0 Å². The van der Waals surface area contributed by atoms with Gasteiger partial charge in [0.25, 0.3) is 0 Å². The maximum absolute atomic E-state index is 9.24. The van der Waals surface area contributed by atoms with Gasteiger partial charge in [0.05, 0.1) is 0 Å². The third-order valence-electron chi connectivity index (χ3n) is 4.28. The van der Waals surface area contributed by atoms with E-state index in [4.69, 9.17) is 0 Å². The van der Waals surface area contributed by atoms with Crippen molar-refractivity contribution in [3.05, 3.63) is 54.7 Å². The van der Waals surface area contributed by atoms with Crippen molar-refractivity contribution in [1.82, 2.24) is 0 Å². The lowest BCUT2D eigenvalue weighted by Gasteiger charge is -2.27. The highest BCUT2D eigenvalue weighted by Gasteiger charge is 2.38. The summed E-state index contributed by atoms with van der Waals surface area (Å²) in [5.41, 5.74) is 5.56. The van der Waals surface area contributed by atoms with Gasteiger partial charge in [-0.3, -0.25) is 0 Å². The molecule has 1 N–H and O–H groups in total. The highest BCUT2D eigenvalue weighted by atomic mass is 127. The van der Waals surface area contributed by atoms with Crippen LogP contribution in [-0.4, -0.2) is 11.7 Å². The number of fused-ring (bicyclic) bond motifs is 3. The quantitative estimate of drug-likeness (QED) is 0.604. The van der Waals surface area contributed by atoms with Gasteiger partial charge in [0.15, 0.2) is 0 Å². The van der Waals surface area contributed by atoms with Crippen molar-refractivity contribution in [2.75, 3.05) is 6.61 Å². The van der Waals surface area contributed by atoms with Crippen LogP contribution in [-0.2, 0) is 5.41 Å². The second kappa shape index (κ2) is 5.57. The number of halogens is 2. The smallest absolute Gasteiger partial charge is 0.0431 e. The molecule has 1 aliphatic carbocycles. The van der Waals surface area contributed by atoms with E-state index in [1.165, 1.54) is 29.4 Å². The maximum Gasteiger partial charge on any atom is 0.0431 e. The van der Waals surface area contributed by atoms with Gasteiger partial charge in [-0.05, 0) is 105 Å². The molecule has 104 valence electrons. The summed E-state index contributed by atoms with van der Waals surface area (Å²) in [5.74, 6) is 0. The molecule has 0 fully saturated rings. The number of hydrogen-bond acceptors (Lipinski definition) is 1. The lowest BCUT2D eigenvalue weighted by molar-refractivity contribution is 0.273. The summed E-state index contributed by atoms with van der Waals surface area (Å²) in [6, 6.07) is 13.5. The summed E-state index contributed by atoms with van der Waals surface area (Å²) in [6.07, 6.45) is 1.83. The van der Waals surface area contributed by atoms with Crippen LogP contribution in [0, 0.1) is 7.14 Å². The summed E-state index contributed by atoms with van der Waals surface area (Å²) in [6.45, 7) is 2.58. The first-order valence-electron chi connectivity index (χ1n) is 6.77. The van der Waals surface area contributed by atoms with Crippen LogP contribution in [0.15, 0.2) is 36.4 Å². The molecule has 0 unspecified atom stereocenters. The number of hydrogen-bond donors (Lipinski definition) is 1. The molecule has 0 amide bonds. The standard InChI is InChI=1S/C17H16I2O/c1-17(7-2-8-20)15-9-11(18)3-5-13(15)14-6-4-12(19)10-16(14)17/h3-6,9-10,20H,2,7-8H2,1H3. The zero-order valence-corrected chi connectivity index (χ0v) is 15.6. The first kappa shape index (κ1) is 14.8. The summed E-state index contributed by atoms with van der Waals surface area (Å²) >= 11 is 4.77. The summed E-state index contributed by atoms with van der Waals surface area (Å²) in [5, 5.41) is 9.24. The summed E-state index contributed by atoms with van der Waals surface area (Å²) < 4.78 is 2.55. The van der Waals surface area contributed by atoms with Crippen molar-refractivity contribution in [3.63, 3.8) is 0 Å². The van der Waals surface area contributed by atoms with Crippen molar-refractivity contribution in [2.24, 2.45) is 0 Å². The van der Waals surface area contributed by atoms with Crippen molar-refractivity contribution < 1.29 is 5.11 Å². The summed E-state index contributed by atoms with van der Waals surface area (Å²) in [7, 11) is 0. The lowest BCUT2D eigenvalue weighted by Crippen LogP contribution is -2.21. The second-order valence-electron chi connectivity index (χ2n) is 5.54. The van der Waals surface area contributed by atoms with E-state index in [0.29, 0.717) is 0 Å². The van der Waals surface area contributed by atoms with Crippen molar-refractivity contribution in [2.45, 2.75) is 25.2 Å². The topological polar surface area (TPSA) is 20.2 Å². The largest absolute Gasteiger partial charge is 0.396 e. The fourth-order valence-electron chi connectivity index (χ4n) is 3.26. The van der Waals surface area contributed by atoms with Gasteiger partial charge in [-0.15, -0.1) is 0 Å². The predicted octanol–water partition coefficient (Wildman–Crippen LogP) is 4.95. The van der Waals surface area contributed by atoms with E-state index < -0.39 is 0 Å². The minimum absolute atomic E-state index is 0.0236. The molecule has 0 heterocycles. The number of aliphatic hydroxyl groups excluding tert-OH is 1. The normalized spacial score (nSPS) is 15.0. The minimum Gasteiger partial charge on any atom is -0.396 e. The van der Waals surface area contributed by atoms with Gasteiger partial charge in [0, 0.05) is 19.2 Å².